The molecular weight excluding hydrogens is 432 g/mol. The lowest BCUT2D eigenvalue weighted by Crippen LogP contribution is -2.76. The summed E-state index contributed by atoms with van der Waals surface area (Å²) in [6.07, 6.45) is -0.601. The van der Waals surface area contributed by atoms with E-state index < -0.39 is 46.1 Å². The molecule has 0 heterocycles. The number of carbonyl (C=O) groups is 2. The van der Waals surface area contributed by atoms with Crippen molar-refractivity contribution in [3.8, 4) is 11.5 Å². The number of esters is 1. The number of aryl methyl sites for hydroxylation is 1. The van der Waals surface area contributed by atoms with E-state index in [0.717, 1.165) is 0 Å². The van der Waals surface area contributed by atoms with Crippen LogP contribution in [0.15, 0.2) is 23.8 Å². The lowest BCUT2D eigenvalue weighted by molar-refractivity contribution is -0.273. The summed E-state index contributed by atoms with van der Waals surface area (Å²) in [5, 5.41) is 54.2. The normalized spacial score (nSPS) is 41.3. The molecule has 3 aliphatic carbocycles. The van der Waals surface area contributed by atoms with Gasteiger partial charge in [-0.15, -0.1) is 0 Å². The molecule has 0 amide bonds. The van der Waals surface area contributed by atoms with E-state index in [1.807, 2.05) is 0 Å². The molecule has 2 fully saturated rings. The second-order valence-electron chi connectivity index (χ2n) is 10.2. The summed E-state index contributed by atoms with van der Waals surface area (Å²) >= 11 is 0. The smallest absolute Gasteiger partial charge is 0.342 e. The standard InChI is InChI=1S/C24H30O9/c1-12-5-14(32-4)6-15(27)17(12)20(29)33-16-8-22(3)18-19(28)21(2,11-26)10-23(18,30)7-13(9-25)24(16,22)31/h5-7,9,16,18-19,26-28,30-31H,8,10-11H2,1-4H3. The summed E-state index contributed by atoms with van der Waals surface area (Å²) in [5.41, 5.74) is -5.65. The van der Waals surface area contributed by atoms with Crippen LogP contribution in [0.5, 0.6) is 11.5 Å². The van der Waals surface area contributed by atoms with Crippen LogP contribution in [0.3, 0.4) is 0 Å². The summed E-state index contributed by atoms with van der Waals surface area (Å²) in [4.78, 5) is 24.9. The molecule has 1 aromatic rings. The monoisotopic (exact) mass is 462 g/mol. The fraction of sp³-hybridized carbons (Fsp3) is 0.583. The molecule has 3 aliphatic rings. The van der Waals surface area contributed by atoms with Gasteiger partial charge in [-0.1, -0.05) is 13.8 Å². The Morgan fingerprint density at radius 2 is 1.94 bits per heavy atom. The van der Waals surface area contributed by atoms with Gasteiger partial charge < -0.3 is 35.0 Å². The quantitative estimate of drug-likeness (QED) is 0.313. The third-order valence-corrected chi connectivity index (χ3v) is 8.20. The van der Waals surface area contributed by atoms with Crippen molar-refractivity contribution in [1.29, 1.82) is 0 Å². The molecule has 1 aromatic carbocycles. The molecule has 33 heavy (non-hydrogen) atoms. The zero-order valence-corrected chi connectivity index (χ0v) is 19.0. The first-order valence-electron chi connectivity index (χ1n) is 10.8. The minimum atomic E-state index is -1.96. The molecule has 9 heteroatoms. The van der Waals surface area contributed by atoms with Crippen LogP contribution in [0, 0.1) is 23.7 Å². The van der Waals surface area contributed by atoms with Gasteiger partial charge in [0.2, 0.25) is 0 Å². The summed E-state index contributed by atoms with van der Waals surface area (Å²) in [6.45, 7) is 4.48. The lowest BCUT2D eigenvalue weighted by Gasteiger charge is -2.66. The van der Waals surface area contributed by atoms with Gasteiger partial charge in [0.05, 0.1) is 25.4 Å². The fourth-order valence-electron chi connectivity index (χ4n) is 6.47. The molecule has 180 valence electrons. The second-order valence-corrected chi connectivity index (χ2v) is 10.2. The summed E-state index contributed by atoms with van der Waals surface area (Å²) in [6, 6.07) is 2.82. The highest BCUT2D eigenvalue weighted by Gasteiger charge is 2.78. The van der Waals surface area contributed by atoms with Crippen molar-refractivity contribution in [3.05, 3.63) is 34.9 Å². The van der Waals surface area contributed by atoms with Crippen molar-refractivity contribution in [2.75, 3.05) is 13.7 Å². The second kappa shape index (κ2) is 7.27. The Labute approximate surface area is 191 Å². The highest BCUT2D eigenvalue weighted by molar-refractivity contribution is 5.94. The number of benzene rings is 1. The van der Waals surface area contributed by atoms with Gasteiger partial charge in [-0.3, -0.25) is 4.79 Å². The number of aromatic hydroxyl groups is 1. The number of ether oxygens (including phenoxy) is 2. The molecule has 0 bridgehead atoms. The number of aliphatic hydroxyl groups excluding tert-OH is 2. The molecule has 0 saturated heterocycles. The maximum absolute atomic E-state index is 12.9. The molecule has 0 aromatic heterocycles. The molecule has 0 aliphatic heterocycles. The molecule has 7 unspecified atom stereocenters. The van der Waals surface area contributed by atoms with Crippen LogP contribution in [0.25, 0.3) is 0 Å². The van der Waals surface area contributed by atoms with Gasteiger partial charge in [0.15, 0.2) is 0 Å². The number of carbonyl (C=O) groups excluding carboxylic acids is 2. The van der Waals surface area contributed by atoms with Crippen molar-refractivity contribution >= 4 is 12.3 Å². The van der Waals surface area contributed by atoms with E-state index >= 15 is 0 Å². The predicted octanol–water partition coefficient (Wildman–Crippen LogP) is 0.625. The van der Waals surface area contributed by atoms with E-state index in [2.05, 4.69) is 0 Å². The Balaban J connectivity index is 1.70. The van der Waals surface area contributed by atoms with Gasteiger partial charge >= 0.3 is 5.97 Å². The molecule has 9 nitrogen and oxygen atoms in total. The highest BCUT2D eigenvalue weighted by Crippen LogP contribution is 2.69. The van der Waals surface area contributed by atoms with Crippen molar-refractivity contribution < 1.29 is 44.6 Å². The first-order valence-corrected chi connectivity index (χ1v) is 10.8. The number of phenolic OH excluding ortho intramolecular Hbond substituents is 1. The fourth-order valence-corrected chi connectivity index (χ4v) is 6.47. The van der Waals surface area contributed by atoms with Crippen LogP contribution < -0.4 is 4.74 Å². The van der Waals surface area contributed by atoms with E-state index in [0.29, 0.717) is 17.6 Å². The SMILES string of the molecule is COc1cc(C)c(C(=O)OC2CC3(C)C4C(O)C(C)(CO)CC4(O)C=C(C=O)C23O)c(O)c1. The minimum absolute atomic E-state index is 0.00864. The number of rotatable bonds is 5. The third-order valence-electron chi connectivity index (χ3n) is 8.20. The largest absolute Gasteiger partial charge is 0.507 e. The van der Waals surface area contributed by atoms with Crippen LogP contribution in [0.1, 0.15) is 42.6 Å². The number of phenols is 1. The predicted molar refractivity (Wildman–Crippen MR) is 115 cm³/mol. The summed E-state index contributed by atoms with van der Waals surface area (Å²) in [7, 11) is 1.42. The van der Waals surface area contributed by atoms with Crippen LogP contribution in [-0.4, -0.2) is 74.9 Å². The summed E-state index contributed by atoms with van der Waals surface area (Å²) in [5.74, 6) is -1.77. The van der Waals surface area contributed by atoms with Crippen molar-refractivity contribution in [2.45, 2.75) is 57.0 Å². The van der Waals surface area contributed by atoms with E-state index in [1.54, 1.807) is 26.8 Å². The maximum Gasteiger partial charge on any atom is 0.342 e. The van der Waals surface area contributed by atoms with E-state index in [1.165, 1.54) is 19.3 Å². The number of hydrogen-bond donors (Lipinski definition) is 5. The minimum Gasteiger partial charge on any atom is -0.507 e. The van der Waals surface area contributed by atoms with Gasteiger partial charge in [-0.2, -0.15) is 0 Å². The number of fused-ring (bicyclic) bond motifs is 3. The van der Waals surface area contributed by atoms with Gasteiger partial charge in [-0.25, -0.2) is 4.79 Å². The average molecular weight is 462 g/mol. The Hall–Kier alpha value is -2.46. The van der Waals surface area contributed by atoms with Gasteiger partial charge in [-0.05, 0) is 37.5 Å². The van der Waals surface area contributed by atoms with E-state index in [4.69, 9.17) is 9.47 Å². The Bertz CT molecular complexity index is 1030. The van der Waals surface area contributed by atoms with Crippen LogP contribution >= 0.6 is 0 Å². The van der Waals surface area contributed by atoms with Crippen LogP contribution in [0.2, 0.25) is 0 Å². The topological polar surface area (TPSA) is 154 Å². The zero-order valence-electron chi connectivity index (χ0n) is 19.0. The number of aldehydes is 1. The Morgan fingerprint density at radius 1 is 1.27 bits per heavy atom. The number of hydrogen-bond acceptors (Lipinski definition) is 9. The average Bonchev–Trinajstić information content (AvgIpc) is 2.95. The molecule has 0 radical (unpaired) electrons. The molecule has 7 atom stereocenters. The molecule has 4 rings (SSSR count). The van der Waals surface area contributed by atoms with Crippen molar-refractivity contribution in [2.24, 2.45) is 16.7 Å². The third kappa shape index (κ3) is 2.92. The molecule has 2 saturated carbocycles. The van der Waals surface area contributed by atoms with Crippen LogP contribution in [-0.2, 0) is 9.53 Å². The maximum atomic E-state index is 12.9. The Kier molecular flexibility index (Phi) is 5.22. The van der Waals surface area contributed by atoms with Crippen molar-refractivity contribution in [3.63, 3.8) is 0 Å². The summed E-state index contributed by atoms with van der Waals surface area (Å²) < 4.78 is 10.6. The first-order chi connectivity index (χ1) is 15.3. The van der Waals surface area contributed by atoms with Gasteiger partial charge in [0.1, 0.15) is 35.1 Å². The van der Waals surface area contributed by atoms with E-state index in [-0.39, 0.29) is 36.3 Å². The van der Waals surface area contributed by atoms with Gasteiger partial charge in [0.25, 0.3) is 0 Å². The lowest BCUT2D eigenvalue weighted by atomic mass is 9.43. The highest BCUT2D eigenvalue weighted by atomic mass is 16.6. The first kappa shape index (κ1) is 23.7. The Morgan fingerprint density at radius 3 is 2.48 bits per heavy atom. The molecule has 5 N–H and O–H groups in total. The molecular formula is C24H30O9. The van der Waals surface area contributed by atoms with Gasteiger partial charge in [0, 0.05) is 28.4 Å². The van der Waals surface area contributed by atoms with Crippen LogP contribution in [0.4, 0.5) is 0 Å². The molecule has 0 spiro atoms. The van der Waals surface area contributed by atoms with E-state index in [9.17, 15) is 35.1 Å². The van der Waals surface area contributed by atoms with Crippen molar-refractivity contribution in [1.82, 2.24) is 0 Å². The number of aliphatic hydroxyl groups is 4. The zero-order chi connectivity index (χ0) is 24.6. The number of methoxy groups -OCH3 is 1.